The molecule has 3 rings (SSSR count). The lowest BCUT2D eigenvalue weighted by molar-refractivity contribution is 0.0750. The Morgan fingerprint density at radius 1 is 1.07 bits per heavy atom. The molecule has 29 heavy (non-hydrogen) atoms. The first-order chi connectivity index (χ1) is 13.6. The quantitative estimate of drug-likeness (QED) is 0.582. The van der Waals surface area contributed by atoms with E-state index in [-0.39, 0.29) is 11.3 Å². The molecule has 0 aliphatic carbocycles. The minimum absolute atomic E-state index is 0.0965. The standard InChI is InChI=1S/C25H30N2O2/c1-17-10-11-20(25(3,4)5)14-19(17)15-22-12-13-23(29-22)24(28)27(6)16-21-9-7-8-18(2)26-21/h7-14H,15-16H2,1-6H3. The number of amides is 1. The molecule has 0 aliphatic rings. The number of aryl methyl sites for hydroxylation is 2. The fourth-order valence-corrected chi connectivity index (χ4v) is 3.29. The molecule has 1 amide bonds. The SMILES string of the molecule is Cc1cccc(CN(C)C(=O)c2ccc(Cc3cc(C(C)(C)C)ccc3C)o2)n1. The van der Waals surface area contributed by atoms with Crippen molar-refractivity contribution in [3.8, 4) is 0 Å². The number of carbonyl (C=O) groups is 1. The van der Waals surface area contributed by atoms with Crippen molar-refractivity contribution in [2.24, 2.45) is 0 Å². The van der Waals surface area contributed by atoms with Gasteiger partial charge < -0.3 is 9.32 Å². The molecule has 3 aromatic rings. The molecule has 152 valence electrons. The Morgan fingerprint density at radius 3 is 2.52 bits per heavy atom. The minimum atomic E-state index is -0.139. The number of benzene rings is 1. The minimum Gasteiger partial charge on any atom is -0.456 e. The van der Waals surface area contributed by atoms with Gasteiger partial charge in [0.1, 0.15) is 5.76 Å². The molecule has 2 aromatic heterocycles. The third-order valence-corrected chi connectivity index (χ3v) is 5.14. The van der Waals surface area contributed by atoms with Crippen LogP contribution in [0.4, 0.5) is 0 Å². The zero-order valence-electron chi connectivity index (χ0n) is 18.2. The molecule has 0 radical (unpaired) electrons. The molecule has 0 N–H and O–H groups in total. The van der Waals surface area contributed by atoms with E-state index in [4.69, 9.17) is 4.42 Å². The van der Waals surface area contributed by atoms with Crippen LogP contribution in [0.3, 0.4) is 0 Å². The van der Waals surface area contributed by atoms with Gasteiger partial charge in [0.25, 0.3) is 5.91 Å². The second kappa shape index (κ2) is 8.24. The molecule has 0 saturated heterocycles. The molecule has 4 nitrogen and oxygen atoms in total. The summed E-state index contributed by atoms with van der Waals surface area (Å²) in [4.78, 5) is 18.9. The first-order valence-electron chi connectivity index (χ1n) is 10.0. The van der Waals surface area contributed by atoms with E-state index in [2.05, 4.69) is 50.9 Å². The summed E-state index contributed by atoms with van der Waals surface area (Å²) in [6.45, 7) is 11.1. The van der Waals surface area contributed by atoms with E-state index in [0.29, 0.717) is 18.7 Å². The first-order valence-corrected chi connectivity index (χ1v) is 10.0. The molecular formula is C25H30N2O2. The normalized spacial score (nSPS) is 11.5. The number of nitrogens with zero attached hydrogens (tertiary/aromatic N) is 2. The van der Waals surface area contributed by atoms with Crippen molar-refractivity contribution >= 4 is 5.91 Å². The monoisotopic (exact) mass is 390 g/mol. The van der Waals surface area contributed by atoms with Crippen LogP contribution in [0.2, 0.25) is 0 Å². The van der Waals surface area contributed by atoms with E-state index in [1.54, 1.807) is 18.0 Å². The predicted molar refractivity (Wildman–Crippen MR) is 116 cm³/mol. The average molecular weight is 391 g/mol. The van der Waals surface area contributed by atoms with Gasteiger partial charge in [0.15, 0.2) is 5.76 Å². The highest BCUT2D eigenvalue weighted by molar-refractivity contribution is 5.91. The Kier molecular flexibility index (Phi) is 5.92. The summed E-state index contributed by atoms with van der Waals surface area (Å²) in [6.07, 6.45) is 0.673. The van der Waals surface area contributed by atoms with Crippen LogP contribution in [-0.4, -0.2) is 22.8 Å². The number of furan rings is 1. The highest BCUT2D eigenvalue weighted by atomic mass is 16.4. The van der Waals surface area contributed by atoms with Crippen LogP contribution in [0, 0.1) is 13.8 Å². The Labute approximate surface area is 173 Å². The molecule has 1 aromatic carbocycles. The molecule has 0 unspecified atom stereocenters. The highest BCUT2D eigenvalue weighted by Gasteiger charge is 2.18. The summed E-state index contributed by atoms with van der Waals surface area (Å²) in [7, 11) is 1.77. The molecule has 2 heterocycles. The maximum atomic E-state index is 12.8. The van der Waals surface area contributed by atoms with E-state index in [1.165, 1.54) is 16.7 Å². The van der Waals surface area contributed by atoms with Crippen molar-refractivity contribution in [1.82, 2.24) is 9.88 Å². The molecule has 0 saturated carbocycles. The maximum absolute atomic E-state index is 12.8. The summed E-state index contributed by atoms with van der Waals surface area (Å²) >= 11 is 0. The highest BCUT2D eigenvalue weighted by Crippen LogP contribution is 2.26. The van der Waals surface area contributed by atoms with Gasteiger partial charge in [0, 0.05) is 19.2 Å². The lowest BCUT2D eigenvalue weighted by Crippen LogP contribution is -2.26. The number of pyridine rings is 1. The fraction of sp³-hybridized carbons (Fsp3) is 0.360. The number of hydrogen-bond donors (Lipinski definition) is 0. The Bertz CT molecular complexity index is 1010. The summed E-state index contributed by atoms with van der Waals surface area (Å²) < 4.78 is 5.90. The van der Waals surface area contributed by atoms with Gasteiger partial charge >= 0.3 is 0 Å². The number of aromatic nitrogens is 1. The van der Waals surface area contributed by atoms with Crippen LogP contribution in [0.1, 0.15) is 65.2 Å². The van der Waals surface area contributed by atoms with E-state index in [1.807, 2.05) is 31.2 Å². The van der Waals surface area contributed by atoms with Gasteiger partial charge in [0.05, 0.1) is 12.2 Å². The predicted octanol–water partition coefficient (Wildman–Crippen LogP) is 5.45. The van der Waals surface area contributed by atoms with Crippen molar-refractivity contribution in [1.29, 1.82) is 0 Å². The fourth-order valence-electron chi connectivity index (χ4n) is 3.29. The van der Waals surface area contributed by atoms with E-state index >= 15 is 0 Å². The largest absolute Gasteiger partial charge is 0.456 e. The molecule has 4 heteroatoms. The van der Waals surface area contributed by atoms with Gasteiger partial charge in [-0.25, -0.2) is 0 Å². The van der Waals surface area contributed by atoms with Crippen molar-refractivity contribution < 1.29 is 9.21 Å². The van der Waals surface area contributed by atoms with Crippen molar-refractivity contribution in [3.63, 3.8) is 0 Å². The number of carbonyl (C=O) groups excluding carboxylic acids is 1. The van der Waals surface area contributed by atoms with Crippen LogP contribution in [-0.2, 0) is 18.4 Å². The van der Waals surface area contributed by atoms with Crippen LogP contribution in [0.15, 0.2) is 52.9 Å². The zero-order chi connectivity index (χ0) is 21.2. The maximum Gasteiger partial charge on any atom is 0.289 e. The van der Waals surface area contributed by atoms with Gasteiger partial charge in [-0.05, 0) is 60.2 Å². The van der Waals surface area contributed by atoms with Crippen molar-refractivity contribution in [2.75, 3.05) is 7.05 Å². The summed E-state index contributed by atoms with van der Waals surface area (Å²) in [5, 5.41) is 0. The second-order valence-corrected chi connectivity index (χ2v) is 8.77. The van der Waals surface area contributed by atoms with Gasteiger partial charge in [0.2, 0.25) is 0 Å². The number of hydrogen-bond acceptors (Lipinski definition) is 3. The molecule has 0 fully saturated rings. The van der Waals surface area contributed by atoms with Gasteiger partial charge in [-0.15, -0.1) is 0 Å². The third-order valence-electron chi connectivity index (χ3n) is 5.14. The Morgan fingerprint density at radius 2 is 1.83 bits per heavy atom. The topological polar surface area (TPSA) is 46.3 Å². The van der Waals surface area contributed by atoms with E-state index < -0.39 is 0 Å². The smallest absolute Gasteiger partial charge is 0.289 e. The van der Waals surface area contributed by atoms with Crippen LogP contribution in [0.25, 0.3) is 0 Å². The average Bonchev–Trinajstić information content (AvgIpc) is 3.10. The molecule has 0 aliphatic heterocycles. The van der Waals surface area contributed by atoms with E-state index in [9.17, 15) is 4.79 Å². The molecule has 0 bridgehead atoms. The van der Waals surface area contributed by atoms with Gasteiger partial charge in [-0.3, -0.25) is 9.78 Å². The van der Waals surface area contributed by atoms with E-state index in [0.717, 1.165) is 17.1 Å². The Hall–Kier alpha value is -2.88. The molecule has 0 spiro atoms. The van der Waals surface area contributed by atoms with Crippen LogP contribution < -0.4 is 0 Å². The first kappa shape index (κ1) is 20.8. The second-order valence-electron chi connectivity index (χ2n) is 8.77. The van der Waals surface area contributed by atoms with Gasteiger partial charge in [-0.2, -0.15) is 0 Å². The van der Waals surface area contributed by atoms with Crippen molar-refractivity contribution in [3.05, 3.63) is 88.1 Å². The van der Waals surface area contributed by atoms with Crippen LogP contribution >= 0.6 is 0 Å². The number of rotatable bonds is 5. The lowest BCUT2D eigenvalue weighted by Gasteiger charge is -2.20. The molecular weight excluding hydrogens is 360 g/mol. The lowest BCUT2D eigenvalue weighted by atomic mass is 9.85. The Balaban J connectivity index is 1.73. The summed E-state index contributed by atoms with van der Waals surface area (Å²) in [5.74, 6) is 1.02. The van der Waals surface area contributed by atoms with Gasteiger partial charge in [-0.1, -0.05) is 45.0 Å². The van der Waals surface area contributed by atoms with Crippen LogP contribution in [0.5, 0.6) is 0 Å². The summed E-state index contributed by atoms with van der Waals surface area (Å²) in [5.41, 5.74) is 5.65. The summed E-state index contributed by atoms with van der Waals surface area (Å²) in [6, 6.07) is 16.1. The third kappa shape index (κ3) is 5.14. The van der Waals surface area contributed by atoms with Crippen molar-refractivity contribution in [2.45, 2.75) is 53.0 Å². The molecule has 0 atom stereocenters. The zero-order valence-corrected chi connectivity index (χ0v) is 18.2.